The molecule has 0 spiro atoms. The fourth-order valence-electron chi connectivity index (χ4n) is 1.92. The summed E-state index contributed by atoms with van der Waals surface area (Å²) in [4.78, 5) is 6.54. The maximum absolute atomic E-state index is 4.43. The van der Waals surface area contributed by atoms with Crippen LogP contribution in [0.2, 0.25) is 0 Å². The second-order valence-corrected chi connectivity index (χ2v) is 5.03. The second kappa shape index (κ2) is 7.54. The minimum atomic E-state index is 0.505. The van der Waals surface area contributed by atoms with Crippen molar-refractivity contribution >= 4 is 17.5 Å². The van der Waals surface area contributed by atoms with Gasteiger partial charge >= 0.3 is 0 Å². The molecule has 0 fully saturated rings. The van der Waals surface area contributed by atoms with E-state index in [2.05, 4.69) is 43.7 Å². The Morgan fingerprint density at radius 3 is 2.76 bits per heavy atom. The number of rotatable bonds is 7. The lowest BCUT2D eigenvalue weighted by Crippen LogP contribution is -2.21. The molecule has 21 heavy (non-hydrogen) atoms. The number of likely N-dealkylation sites (N-methyl/N-ethyl adjacent to an activating group) is 1. The van der Waals surface area contributed by atoms with Gasteiger partial charge in [0.25, 0.3) is 0 Å². The summed E-state index contributed by atoms with van der Waals surface area (Å²) in [5.41, 5.74) is 2.25. The first-order valence-electron chi connectivity index (χ1n) is 7.12. The summed E-state index contributed by atoms with van der Waals surface area (Å²) in [5.74, 6) is 1.23. The third-order valence-corrected chi connectivity index (χ3v) is 3.07. The third kappa shape index (κ3) is 4.68. The van der Waals surface area contributed by atoms with Crippen LogP contribution in [0, 0.1) is 0 Å². The number of hydrogen-bond acceptors (Lipinski definition) is 6. The van der Waals surface area contributed by atoms with Crippen molar-refractivity contribution in [3.63, 3.8) is 0 Å². The van der Waals surface area contributed by atoms with Crippen molar-refractivity contribution in [1.29, 1.82) is 0 Å². The summed E-state index contributed by atoms with van der Waals surface area (Å²) in [5, 5.41) is 14.5. The Bertz CT molecular complexity index is 570. The zero-order valence-corrected chi connectivity index (χ0v) is 12.8. The van der Waals surface area contributed by atoms with Crippen molar-refractivity contribution in [3.05, 3.63) is 36.0 Å². The lowest BCUT2D eigenvalue weighted by Gasteiger charge is -2.12. The molecule has 1 aromatic carbocycles. The van der Waals surface area contributed by atoms with E-state index in [0.29, 0.717) is 5.95 Å². The molecule has 6 heteroatoms. The summed E-state index contributed by atoms with van der Waals surface area (Å²) in [7, 11) is 4.07. The van der Waals surface area contributed by atoms with Crippen LogP contribution in [-0.2, 0) is 6.42 Å². The van der Waals surface area contributed by atoms with Crippen molar-refractivity contribution in [2.24, 2.45) is 0 Å². The molecule has 0 bridgehead atoms. The van der Waals surface area contributed by atoms with Crippen LogP contribution in [0.3, 0.4) is 0 Å². The monoisotopic (exact) mass is 286 g/mol. The third-order valence-electron chi connectivity index (χ3n) is 3.07. The Kier molecular flexibility index (Phi) is 5.45. The van der Waals surface area contributed by atoms with Gasteiger partial charge in [0, 0.05) is 18.8 Å². The average Bonchev–Trinajstić information content (AvgIpc) is 2.48. The van der Waals surface area contributed by atoms with Gasteiger partial charge in [-0.05, 0) is 32.1 Å². The molecule has 0 aliphatic heterocycles. The maximum Gasteiger partial charge on any atom is 0.249 e. The molecule has 1 heterocycles. The number of aromatic nitrogens is 3. The van der Waals surface area contributed by atoms with Crippen LogP contribution in [-0.4, -0.2) is 47.3 Å². The second-order valence-electron chi connectivity index (χ2n) is 5.03. The number of aryl methyl sites for hydroxylation is 1. The van der Waals surface area contributed by atoms with Gasteiger partial charge in [0.05, 0.1) is 6.20 Å². The molecule has 0 saturated carbocycles. The number of para-hydroxylation sites is 1. The van der Waals surface area contributed by atoms with Crippen LogP contribution in [0.5, 0.6) is 0 Å². The first kappa shape index (κ1) is 15.2. The molecule has 0 aliphatic rings. The molecule has 0 atom stereocenters. The predicted octanol–water partition coefficient (Wildman–Crippen LogP) is 2.15. The quantitative estimate of drug-likeness (QED) is 0.813. The molecular formula is C15H22N6. The van der Waals surface area contributed by atoms with Crippen LogP contribution in [0.4, 0.5) is 17.5 Å². The summed E-state index contributed by atoms with van der Waals surface area (Å²) >= 11 is 0. The predicted molar refractivity (Wildman–Crippen MR) is 86.0 cm³/mol. The van der Waals surface area contributed by atoms with E-state index in [4.69, 9.17) is 0 Å². The molecule has 2 aromatic rings. The molecule has 112 valence electrons. The number of nitrogens with zero attached hydrogens (tertiary/aromatic N) is 4. The molecule has 1 aromatic heterocycles. The van der Waals surface area contributed by atoms with Gasteiger partial charge in [0.1, 0.15) is 0 Å². The van der Waals surface area contributed by atoms with E-state index in [1.807, 2.05) is 32.3 Å². The van der Waals surface area contributed by atoms with Gasteiger partial charge < -0.3 is 15.5 Å². The van der Waals surface area contributed by atoms with E-state index in [1.54, 1.807) is 6.20 Å². The smallest absolute Gasteiger partial charge is 0.249 e. The van der Waals surface area contributed by atoms with Gasteiger partial charge in [-0.15, -0.1) is 5.10 Å². The van der Waals surface area contributed by atoms with E-state index in [1.165, 1.54) is 5.56 Å². The minimum absolute atomic E-state index is 0.505. The van der Waals surface area contributed by atoms with Crippen molar-refractivity contribution in [1.82, 2.24) is 20.1 Å². The summed E-state index contributed by atoms with van der Waals surface area (Å²) in [6.07, 6.45) is 2.59. The summed E-state index contributed by atoms with van der Waals surface area (Å²) < 4.78 is 0. The standard InChI is InChI=1S/C15H22N6/c1-4-12-7-5-6-8-13(12)18-15-19-14(11-17-20-15)16-9-10-21(2)3/h5-8,11H,4,9-10H2,1-3H3,(H2,16,18,19,20). The van der Waals surface area contributed by atoms with Crippen molar-refractivity contribution in [3.8, 4) is 0 Å². The molecular weight excluding hydrogens is 264 g/mol. The SMILES string of the molecule is CCc1ccccc1Nc1nncc(NCCN(C)C)n1. The fourth-order valence-corrected chi connectivity index (χ4v) is 1.92. The normalized spacial score (nSPS) is 10.7. The van der Waals surface area contributed by atoms with Crippen molar-refractivity contribution in [2.45, 2.75) is 13.3 Å². The zero-order chi connectivity index (χ0) is 15.1. The molecule has 0 aliphatic carbocycles. The number of hydrogen-bond donors (Lipinski definition) is 2. The maximum atomic E-state index is 4.43. The Morgan fingerprint density at radius 2 is 2.00 bits per heavy atom. The van der Waals surface area contributed by atoms with Crippen LogP contribution in [0.15, 0.2) is 30.5 Å². The van der Waals surface area contributed by atoms with E-state index in [9.17, 15) is 0 Å². The van der Waals surface area contributed by atoms with Gasteiger partial charge in [-0.1, -0.05) is 25.1 Å². The molecule has 2 N–H and O–H groups in total. The van der Waals surface area contributed by atoms with Crippen molar-refractivity contribution < 1.29 is 0 Å². The van der Waals surface area contributed by atoms with E-state index >= 15 is 0 Å². The molecule has 2 rings (SSSR count). The van der Waals surface area contributed by atoms with Crippen molar-refractivity contribution in [2.75, 3.05) is 37.8 Å². The molecule has 0 unspecified atom stereocenters. The van der Waals surface area contributed by atoms with E-state index < -0.39 is 0 Å². The lowest BCUT2D eigenvalue weighted by atomic mass is 10.1. The number of anilines is 3. The average molecular weight is 286 g/mol. The largest absolute Gasteiger partial charge is 0.367 e. The molecule has 0 radical (unpaired) electrons. The van der Waals surface area contributed by atoms with Crippen LogP contribution < -0.4 is 10.6 Å². The Hall–Kier alpha value is -2.21. The lowest BCUT2D eigenvalue weighted by molar-refractivity contribution is 0.425. The Balaban J connectivity index is 2.03. The first-order chi connectivity index (χ1) is 10.2. The minimum Gasteiger partial charge on any atom is -0.367 e. The van der Waals surface area contributed by atoms with Gasteiger partial charge in [0.15, 0.2) is 5.82 Å². The van der Waals surface area contributed by atoms with E-state index in [-0.39, 0.29) is 0 Å². The van der Waals surface area contributed by atoms with Crippen LogP contribution >= 0.6 is 0 Å². The van der Waals surface area contributed by atoms with Gasteiger partial charge in [0.2, 0.25) is 5.95 Å². The highest BCUT2D eigenvalue weighted by Gasteiger charge is 2.04. The van der Waals surface area contributed by atoms with Gasteiger partial charge in [-0.2, -0.15) is 10.1 Å². The Labute approximate surface area is 125 Å². The topological polar surface area (TPSA) is 66.0 Å². The van der Waals surface area contributed by atoms with Gasteiger partial charge in [-0.3, -0.25) is 0 Å². The van der Waals surface area contributed by atoms with Crippen LogP contribution in [0.1, 0.15) is 12.5 Å². The summed E-state index contributed by atoms with van der Waals surface area (Å²) in [6, 6.07) is 8.14. The fraction of sp³-hybridized carbons (Fsp3) is 0.400. The van der Waals surface area contributed by atoms with E-state index in [0.717, 1.165) is 31.0 Å². The summed E-state index contributed by atoms with van der Waals surface area (Å²) in [6.45, 7) is 3.88. The zero-order valence-electron chi connectivity index (χ0n) is 12.8. The van der Waals surface area contributed by atoms with Gasteiger partial charge in [-0.25, -0.2) is 0 Å². The first-order valence-corrected chi connectivity index (χ1v) is 7.12. The highest BCUT2D eigenvalue weighted by molar-refractivity contribution is 5.58. The number of nitrogens with one attached hydrogen (secondary N) is 2. The van der Waals surface area contributed by atoms with Crippen LogP contribution in [0.25, 0.3) is 0 Å². The number of benzene rings is 1. The molecule has 6 nitrogen and oxygen atoms in total. The highest BCUT2D eigenvalue weighted by atomic mass is 15.3. The Morgan fingerprint density at radius 1 is 1.19 bits per heavy atom. The molecule has 0 amide bonds. The highest BCUT2D eigenvalue weighted by Crippen LogP contribution is 2.19. The molecule has 0 saturated heterocycles.